The Bertz CT molecular complexity index is 589. The van der Waals surface area contributed by atoms with Crippen molar-refractivity contribution in [2.24, 2.45) is 0 Å². The van der Waals surface area contributed by atoms with Crippen LogP contribution in [0.2, 0.25) is 0 Å². The normalized spacial score (nSPS) is 17.2. The van der Waals surface area contributed by atoms with Crippen molar-refractivity contribution >= 4 is 5.57 Å². The highest BCUT2D eigenvalue weighted by atomic mass is 14.1. The highest BCUT2D eigenvalue weighted by molar-refractivity contribution is 5.77. The summed E-state index contributed by atoms with van der Waals surface area (Å²) < 4.78 is 0. The molecule has 0 atom stereocenters. The van der Waals surface area contributed by atoms with Gasteiger partial charge in [0.05, 0.1) is 0 Å². The number of hydrogen-bond acceptors (Lipinski definition) is 0. The predicted octanol–water partition coefficient (Wildman–Crippen LogP) is 5.79. The van der Waals surface area contributed by atoms with Crippen molar-refractivity contribution in [2.75, 3.05) is 0 Å². The van der Waals surface area contributed by atoms with Crippen LogP contribution in [0.1, 0.15) is 30.9 Å². The average Bonchev–Trinajstić information content (AvgIpc) is 2.49. The van der Waals surface area contributed by atoms with E-state index in [2.05, 4.69) is 75.1 Å². The number of hydrogen-bond donors (Lipinski definition) is 0. The third-order valence-corrected chi connectivity index (χ3v) is 3.56. The number of allylic oxidation sites excluding steroid dienone is 9. The molecule has 0 nitrogen and oxygen atoms in total. The minimum atomic E-state index is 1.000. The standard InChI is InChI=1S/C20H22/c1-4-17(5-2)11-12-18-7-6-8-20(15-18)19-13-9-16(3)10-14-19/h4,6,8-15H,1,5,7H2,2-3H3/b17-11+,18-12+. The second kappa shape index (κ2) is 6.91. The van der Waals surface area contributed by atoms with Crippen LogP contribution in [0.15, 0.2) is 78.4 Å². The summed E-state index contributed by atoms with van der Waals surface area (Å²) in [6.45, 7) is 8.11. The van der Waals surface area contributed by atoms with Crippen molar-refractivity contribution in [2.45, 2.75) is 26.7 Å². The van der Waals surface area contributed by atoms with Crippen LogP contribution in [-0.4, -0.2) is 0 Å². The van der Waals surface area contributed by atoms with Gasteiger partial charge in [-0.05, 0) is 42.0 Å². The number of rotatable bonds is 4. The van der Waals surface area contributed by atoms with E-state index in [-0.39, 0.29) is 0 Å². The topological polar surface area (TPSA) is 0 Å². The molecule has 0 saturated carbocycles. The van der Waals surface area contributed by atoms with Gasteiger partial charge < -0.3 is 0 Å². The fourth-order valence-corrected chi connectivity index (χ4v) is 2.21. The van der Waals surface area contributed by atoms with Crippen LogP contribution in [0.5, 0.6) is 0 Å². The summed E-state index contributed by atoms with van der Waals surface area (Å²) in [5.74, 6) is 0. The molecule has 0 radical (unpaired) electrons. The Morgan fingerprint density at radius 2 is 2.00 bits per heavy atom. The van der Waals surface area contributed by atoms with Gasteiger partial charge in [0.15, 0.2) is 0 Å². The molecule has 0 saturated heterocycles. The molecule has 2 rings (SSSR count). The lowest BCUT2D eigenvalue weighted by molar-refractivity contribution is 1.15. The minimum absolute atomic E-state index is 1.000. The summed E-state index contributed by atoms with van der Waals surface area (Å²) in [7, 11) is 0. The van der Waals surface area contributed by atoms with E-state index in [0.717, 1.165) is 12.8 Å². The van der Waals surface area contributed by atoms with Crippen LogP contribution in [0.3, 0.4) is 0 Å². The third kappa shape index (κ3) is 3.71. The van der Waals surface area contributed by atoms with Gasteiger partial charge in [0.2, 0.25) is 0 Å². The van der Waals surface area contributed by atoms with Gasteiger partial charge in [0.1, 0.15) is 0 Å². The van der Waals surface area contributed by atoms with E-state index in [4.69, 9.17) is 0 Å². The lowest BCUT2D eigenvalue weighted by atomic mass is 9.95. The molecule has 0 heterocycles. The molecule has 1 aromatic rings. The summed E-state index contributed by atoms with van der Waals surface area (Å²) in [4.78, 5) is 0. The molecule has 0 bridgehead atoms. The first-order valence-electron chi connectivity index (χ1n) is 7.20. The zero-order chi connectivity index (χ0) is 14.4. The summed E-state index contributed by atoms with van der Waals surface area (Å²) in [6, 6.07) is 8.70. The van der Waals surface area contributed by atoms with E-state index in [1.807, 2.05) is 6.08 Å². The van der Waals surface area contributed by atoms with Crippen molar-refractivity contribution < 1.29 is 0 Å². The Labute approximate surface area is 122 Å². The largest absolute Gasteiger partial charge is 0.0988 e. The third-order valence-electron chi connectivity index (χ3n) is 3.56. The van der Waals surface area contributed by atoms with E-state index in [1.165, 1.54) is 27.8 Å². The maximum atomic E-state index is 3.84. The van der Waals surface area contributed by atoms with Crippen LogP contribution < -0.4 is 0 Å². The zero-order valence-electron chi connectivity index (χ0n) is 12.4. The van der Waals surface area contributed by atoms with Gasteiger partial charge in [-0.25, -0.2) is 0 Å². The fourth-order valence-electron chi connectivity index (χ4n) is 2.21. The van der Waals surface area contributed by atoms with E-state index >= 15 is 0 Å². The molecule has 0 spiro atoms. The number of benzene rings is 1. The van der Waals surface area contributed by atoms with Crippen molar-refractivity contribution in [3.8, 4) is 0 Å². The van der Waals surface area contributed by atoms with E-state index in [1.54, 1.807) is 0 Å². The molecule has 102 valence electrons. The quantitative estimate of drug-likeness (QED) is 0.603. The van der Waals surface area contributed by atoms with Gasteiger partial charge in [-0.3, -0.25) is 0 Å². The molecular weight excluding hydrogens is 240 g/mol. The predicted molar refractivity (Wildman–Crippen MR) is 89.6 cm³/mol. The summed E-state index contributed by atoms with van der Waals surface area (Å²) in [5.41, 5.74) is 6.48. The van der Waals surface area contributed by atoms with Crippen molar-refractivity contribution in [3.63, 3.8) is 0 Å². The fraction of sp³-hybridized carbons (Fsp3) is 0.200. The minimum Gasteiger partial charge on any atom is -0.0988 e. The maximum absolute atomic E-state index is 3.84. The van der Waals surface area contributed by atoms with Gasteiger partial charge in [0.25, 0.3) is 0 Å². The lowest BCUT2D eigenvalue weighted by Gasteiger charge is -2.10. The van der Waals surface area contributed by atoms with E-state index < -0.39 is 0 Å². The molecule has 1 aliphatic carbocycles. The van der Waals surface area contributed by atoms with Crippen molar-refractivity contribution in [1.82, 2.24) is 0 Å². The summed E-state index contributed by atoms with van der Waals surface area (Å²) in [6.07, 6.45) is 15.0. The second-order valence-electron chi connectivity index (χ2n) is 5.11. The lowest BCUT2D eigenvalue weighted by Crippen LogP contribution is -1.89. The van der Waals surface area contributed by atoms with Crippen LogP contribution >= 0.6 is 0 Å². The molecule has 1 aromatic carbocycles. The first kappa shape index (κ1) is 14.3. The molecule has 0 N–H and O–H groups in total. The highest BCUT2D eigenvalue weighted by Crippen LogP contribution is 2.24. The van der Waals surface area contributed by atoms with Crippen molar-refractivity contribution in [1.29, 1.82) is 0 Å². The first-order chi connectivity index (χ1) is 9.72. The molecule has 0 heteroatoms. The number of aryl methyl sites for hydroxylation is 1. The van der Waals surface area contributed by atoms with Crippen LogP contribution in [0, 0.1) is 6.92 Å². The van der Waals surface area contributed by atoms with Gasteiger partial charge in [-0.15, -0.1) is 0 Å². The van der Waals surface area contributed by atoms with Gasteiger partial charge in [-0.1, -0.05) is 79.8 Å². The summed E-state index contributed by atoms with van der Waals surface area (Å²) in [5, 5.41) is 0. The van der Waals surface area contributed by atoms with E-state index in [9.17, 15) is 0 Å². The Kier molecular flexibility index (Phi) is 4.95. The molecular formula is C20H22. The molecule has 1 aliphatic rings. The smallest absolute Gasteiger partial charge is 0.00939 e. The molecule has 0 unspecified atom stereocenters. The van der Waals surface area contributed by atoms with Crippen molar-refractivity contribution in [3.05, 3.63) is 89.6 Å². The second-order valence-corrected chi connectivity index (χ2v) is 5.11. The monoisotopic (exact) mass is 262 g/mol. The molecule has 0 aromatic heterocycles. The van der Waals surface area contributed by atoms with Gasteiger partial charge in [-0.2, -0.15) is 0 Å². The first-order valence-corrected chi connectivity index (χ1v) is 7.20. The zero-order valence-corrected chi connectivity index (χ0v) is 12.4. The van der Waals surface area contributed by atoms with Crippen LogP contribution in [0.25, 0.3) is 5.57 Å². The van der Waals surface area contributed by atoms with E-state index in [0.29, 0.717) is 0 Å². The van der Waals surface area contributed by atoms with Gasteiger partial charge in [0, 0.05) is 0 Å². The molecule has 0 aliphatic heterocycles. The SMILES string of the molecule is C=C/C(=C\C=C1\C=C(c2ccc(C)cc2)C=CC1)CC. The Balaban J connectivity index is 2.25. The van der Waals surface area contributed by atoms with Crippen LogP contribution in [0.4, 0.5) is 0 Å². The maximum Gasteiger partial charge on any atom is -0.00939 e. The molecule has 20 heavy (non-hydrogen) atoms. The van der Waals surface area contributed by atoms with Gasteiger partial charge >= 0.3 is 0 Å². The highest BCUT2D eigenvalue weighted by Gasteiger charge is 2.03. The van der Waals surface area contributed by atoms with Crippen LogP contribution in [-0.2, 0) is 0 Å². The molecule has 0 amide bonds. The average molecular weight is 262 g/mol. The Morgan fingerprint density at radius 3 is 2.65 bits per heavy atom. The Hall–Kier alpha value is -2.08. The molecule has 0 fully saturated rings. The Morgan fingerprint density at radius 1 is 1.25 bits per heavy atom. The summed E-state index contributed by atoms with van der Waals surface area (Å²) >= 11 is 0.